The van der Waals surface area contributed by atoms with Crippen molar-refractivity contribution in [1.82, 2.24) is 5.32 Å². The van der Waals surface area contributed by atoms with E-state index in [4.69, 9.17) is 16.3 Å². The molecular formula is C14H16ClNO4S. The predicted octanol–water partition coefficient (Wildman–Crippen LogP) is 2.18. The monoisotopic (exact) mass is 329 g/mol. The van der Waals surface area contributed by atoms with E-state index < -0.39 is 23.5 Å². The normalized spacial score (nSPS) is 22.6. The molecule has 2 rings (SSSR count). The summed E-state index contributed by atoms with van der Waals surface area (Å²) in [6.07, 6.45) is -0.413. The maximum absolute atomic E-state index is 12.2. The van der Waals surface area contributed by atoms with E-state index >= 15 is 0 Å². The summed E-state index contributed by atoms with van der Waals surface area (Å²) < 4.78 is 5.50. The van der Waals surface area contributed by atoms with Gasteiger partial charge in [0.2, 0.25) is 0 Å². The van der Waals surface area contributed by atoms with Crippen LogP contribution in [0.15, 0.2) is 24.3 Å². The molecule has 1 aromatic carbocycles. The summed E-state index contributed by atoms with van der Waals surface area (Å²) in [7, 11) is 0. The number of benzene rings is 1. The Morgan fingerprint density at radius 3 is 2.76 bits per heavy atom. The first-order valence-electron chi connectivity index (χ1n) is 6.49. The van der Waals surface area contributed by atoms with Crippen LogP contribution in [0.1, 0.15) is 13.3 Å². The fraction of sp³-hybridized carbons (Fsp3) is 0.429. The number of hydrogen-bond acceptors (Lipinski definition) is 4. The fourth-order valence-electron chi connectivity index (χ4n) is 2.01. The van der Waals surface area contributed by atoms with E-state index in [9.17, 15) is 14.7 Å². The van der Waals surface area contributed by atoms with Crippen molar-refractivity contribution in [3.8, 4) is 5.75 Å². The van der Waals surface area contributed by atoms with E-state index in [2.05, 4.69) is 5.32 Å². The molecule has 0 radical (unpaired) electrons. The summed E-state index contributed by atoms with van der Waals surface area (Å²) in [5, 5.41) is 12.3. The number of carboxylic acid groups (broad SMARTS) is 1. The van der Waals surface area contributed by atoms with Gasteiger partial charge in [-0.25, -0.2) is 4.79 Å². The van der Waals surface area contributed by atoms with Crippen molar-refractivity contribution in [2.45, 2.75) is 25.0 Å². The van der Waals surface area contributed by atoms with Crippen LogP contribution in [-0.4, -0.2) is 40.1 Å². The minimum Gasteiger partial charge on any atom is -0.479 e. The molecule has 1 saturated heterocycles. The molecule has 21 heavy (non-hydrogen) atoms. The molecule has 1 aliphatic heterocycles. The van der Waals surface area contributed by atoms with Crippen molar-refractivity contribution >= 4 is 35.2 Å². The van der Waals surface area contributed by atoms with Crippen molar-refractivity contribution in [2.75, 3.05) is 11.5 Å². The van der Waals surface area contributed by atoms with Gasteiger partial charge in [-0.15, -0.1) is 0 Å². The Balaban J connectivity index is 2.03. The first-order chi connectivity index (χ1) is 9.94. The summed E-state index contributed by atoms with van der Waals surface area (Å²) in [5.41, 5.74) is -1.19. The van der Waals surface area contributed by atoms with Crippen molar-refractivity contribution in [3.63, 3.8) is 0 Å². The summed E-state index contributed by atoms with van der Waals surface area (Å²) in [6.45, 7) is 1.57. The summed E-state index contributed by atoms with van der Waals surface area (Å²) >= 11 is 7.48. The third-order valence-electron chi connectivity index (χ3n) is 3.30. The second kappa shape index (κ2) is 6.58. The Morgan fingerprint density at radius 1 is 1.48 bits per heavy atom. The van der Waals surface area contributed by atoms with Crippen LogP contribution in [0, 0.1) is 0 Å². The molecule has 114 valence electrons. The van der Waals surface area contributed by atoms with Crippen LogP contribution in [0.2, 0.25) is 5.02 Å². The summed E-state index contributed by atoms with van der Waals surface area (Å²) in [5.74, 6) is 0.0109. The Hall–Kier alpha value is -1.40. The molecule has 1 amide bonds. The number of hydrogen-bond donors (Lipinski definition) is 2. The molecule has 0 aliphatic carbocycles. The number of carbonyl (C=O) groups excluding carboxylic acids is 1. The van der Waals surface area contributed by atoms with E-state index in [1.165, 1.54) is 11.8 Å². The highest BCUT2D eigenvalue weighted by molar-refractivity contribution is 7.99. The molecule has 1 aliphatic rings. The van der Waals surface area contributed by atoms with Gasteiger partial charge in [-0.2, -0.15) is 11.8 Å². The largest absolute Gasteiger partial charge is 0.479 e. The zero-order chi connectivity index (χ0) is 15.5. The van der Waals surface area contributed by atoms with Crippen LogP contribution in [-0.2, 0) is 9.59 Å². The lowest BCUT2D eigenvalue weighted by molar-refractivity contribution is -0.147. The first-order valence-corrected chi connectivity index (χ1v) is 8.02. The number of nitrogens with one attached hydrogen (secondary N) is 1. The van der Waals surface area contributed by atoms with Crippen LogP contribution >= 0.6 is 23.4 Å². The molecule has 1 aromatic rings. The third-order valence-corrected chi connectivity index (χ3v) is 4.81. The standard InChI is InChI=1S/C14H16ClNO4S/c1-9(20-11-5-3-2-4-10(11)15)12(17)16-14(13(18)19)6-7-21-8-14/h2-5,9H,6-8H2,1H3,(H,16,17)(H,18,19). The van der Waals surface area contributed by atoms with E-state index in [0.29, 0.717) is 28.7 Å². The van der Waals surface area contributed by atoms with E-state index in [-0.39, 0.29) is 0 Å². The molecular weight excluding hydrogens is 314 g/mol. The molecule has 0 bridgehead atoms. The van der Waals surface area contributed by atoms with Gasteiger partial charge in [-0.05, 0) is 31.2 Å². The number of thioether (sulfide) groups is 1. The van der Waals surface area contributed by atoms with Gasteiger partial charge < -0.3 is 15.2 Å². The van der Waals surface area contributed by atoms with Crippen molar-refractivity contribution in [2.24, 2.45) is 0 Å². The van der Waals surface area contributed by atoms with E-state index in [1.54, 1.807) is 31.2 Å². The number of aliphatic carboxylic acids is 1. The van der Waals surface area contributed by atoms with Crippen LogP contribution < -0.4 is 10.1 Å². The number of halogens is 1. The predicted molar refractivity (Wildman–Crippen MR) is 82.0 cm³/mol. The fourth-order valence-corrected chi connectivity index (χ4v) is 3.51. The minimum absolute atomic E-state index is 0.368. The Morgan fingerprint density at radius 2 is 2.19 bits per heavy atom. The van der Waals surface area contributed by atoms with E-state index in [1.807, 2.05) is 0 Å². The molecule has 2 unspecified atom stereocenters. The highest BCUT2D eigenvalue weighted by Gasteiger charge is 2.44. The topological polar surface area (TPSA) is 75.6 Å². The molecule has 0 spiro atoms. The third kappa shape index (κ3) is 3.63. The second-order valence-electron chi connectivity index (χ2n) is 4.87. The van der Waals surface area contributed by atoms with Crippen molar-refractivity contribution in [3.05, 3.63) is 29.3 Å². The summed E-state index contributed by atoms with van der Waals surface area (Å²) in [6, 6.07) is 6.83. The highest BCUT2D eigenvalue weighted by Crippen LogP contribution is 2.29. The van der Waals surface area contributed by atoms with Gasteiger partial charge in [-0.3, -0.25) is 4.79 Å². The smallest absolute Gasteiger partial charge is 0.330 e. The molecule has 0 saturated carbocycles. The lowest BCUT2D eigenvalue weighted by Crippen LogP contribution is -2.57. The van der Waals surface area contributed by atoms with E-state index in [0.717, 1.165) is 0 Å². The second-order valence-corrected chi connectivity index (χ2v) is 6.38. The Bertz CT molecular complexity index is 546. The van der Waals surface area contributed by atoms with Crippen LogP contribution in [0.4, 0.5) is 0 Å². The molecule has 0 aromatic heterocycles. The number of amides is 1. The van der Waals surface area contributed by atoms with Crippen molar-refractivity contribution < 1.29 is 19.4 Å². The quantitative estimate of drug-likeness (QED) is 0.866. The molecule has 7 heteroatoms. The lowest BCUT2D eigenvalue weighted by Gasteiger charge is -2.26. The average Bonchev–Trinajstić information content (AvgIpc) is 2.91. The molecule has 1 heterocycles. The molecule has 2 atom stereocenters. The lowest BCUT2D eigenvalue weighted by atomic mass is 9.99. The minimum atomic E-state index is -1.19. The number of ether oxygens (including phenoxy) is 1. The van der Waals surface area contributed by atoms with Crippen LogP contribution in [0.25, 0.3) is 0 Å². The summed E-state index contributed by atoms with van der Waals surface area (Å²) in [4.78, 5) is 23.6. The molecule has 5 nitrogen and oxygen atoms in total. The van der Waals surface area contributed by atoms with Crippen LogP contribution in [0.5, 0.6) is 5.75 Å². The van der Waals surface area contributed by atoms with Crippen LogP contribution in [0.3, 0.4) is 0 Å². The molecule has 1 fully saturated rings. The van der Waals surface area contributed by atoms with Gasteiger partial charge in [0.15, 0.2) is 6.10 Å². The first kappa shape index (κ1) is 16.0. The zero-order valence-corrected chi connectivity index (χ0v) is 13.0. The highest BCUT2D eigenvalue weighted by atomic mass is 35.5. The maximum atomic E-state index is 12.2. The Labute approximate surface area is 132 Å². The SMILES string of the molecule is CC(Oc1ccccc1Cl)C(=O)NC1(C(=O)O)CCSC1. The number of rotatable bonds is 5. The Kier molecular flexibility index (Phi) is 5.00. The molecule has 2 N–H and O–H groups in total. The van der Waals surface area contributed by atoms with Crippen molar-refractivity contribution in [1.29, 1.82) is 0 Å². The average molecular weight is 330 g/mol. The van der Waals surface area contributed by atoms with Gasteiger partial charge in [0, 0.05) is 5.75 Å². The van der Waals surface area contributed by atoms with Gasteiger partial charge in [-0.1, -0.05) is 23.7 Å². The van der Waals surface area contributed by atoms with Gasteiger partial charge in [0.25, 0.3) is 5.91 Å². The van der Waals surface area contributed by atoms with Gasteiger partial charge in [0.1, 0.15) is 11.3 Å². The maximum Gasteiger partial charge on any atom is 0.330 e. The van der Waals surface area contributed by atoms with Gasteiger partial charge >= 0.3 is 5.97 Å². The van der Waals surface area contributed by atoms with Gasteiger partial charge in [0.05, 0.1) is 5.02 Å². The number of para-hydroxylation sites is 1. The number of carboxylic acids is 1. The zero-order valence-electron chi connectivity index (χ0n) is 11.5. The number of carbonyl (C=O) groups is 2.